The number of pyridine rings is 1. The Morgan fingerprint density at radius 1 is 1.40 bits per heavy atom. The molecule has 0 N–H and O–H groups in total. The minimum Gasteiger partial charge on any atom is -0.230 e. The molecule has 1 aromatic heterocycles. The van der Waals surface area contributed by atoms with E-state index in [0.717, 1.165) is 5.03 Å². The van der Waals surface area contributed by atoms with Gasteiger partial charge in [-0.1, -0.05) is 32.4 Å². The lowest BCUT2D eigenvalue weighted by atomic mass is 10.2. The Balaban J connectivity index is 2.87. The topological polar surface area (TPSA) is 36.7 Å². The first-order chi connectivity index (χ1) is 7.02. The summed E-state index contributed by atoms with van der Waals surface area (Å²) in [5.74, 6) is 0.571. The van der Waals surface area contributed by atoms with Crippen LogP contribution in [-0.2, 0) is 0 Å². The van der Waals surface area contributed by atoms with E-state index in [1.807, 2.05) is 0 Å². The molecule has 1 rings (SSSR count). The fourth-order valence-electron chi connectivity index (χ4n) is 0.924. The third-order valence-corrected chi connectivity index (χ3v) is 3.71. The van der Waals surface area contributed by atoms with Crippen molar-refractivity contribution in [3.8, 4) is 6.07 Å². The molecule has 0 aliphatic heterocycles. The predicted molar refractivity (Wildman–Crippen MR) is 64.1 cm³/mol. The van der Waals surface area contributed by atoms with Crippen molar-refractivity contribution in [1.82, 2.24) is 4.98 Å². The van der Waals surface area contributed by atoms with E-state index in [2.05, 4.69) is 31.8 Å². The van der Waals surface area contributed by atoms with Crippen molar-refractivity contribution in [2.24, 2.45) is 5.92 Å². The maximum Gasteiger partial charge on any atom is 0.131 e. The Morgan fingerprint density at radius 3 is 2.60 bits per heavy atom. The van der Waals surface area contributed by atoms with E-state index in [1.54, 1.807) is 23.9 Å². The third kappa shape index (κ3) is 3.73. The first-order valence-electron chi connectivity index (χ1n) is 4.77. The molecule has 80 valence electrons. The zero-order chi connectivity index (χ0) is 11.4. The van der Waals surface area contributed by atoms with E-state index in [0.29, 0.717) is 21.9 Å². The van der Waals surface area contributed by atoms with Gasteiger partial charge in [-0.05, 0) is 18.1 Å². The monoisotopic (exact) mass is 240 g/mol. The van der Waals surface area contributed by atoms with Gasteiger partial charge in [-0.15, -0.1) is 11.8 Å². The SMILES string of the molecule is CC(C)C(C)Sc1cc(C#N)cc(Cl)n1. The molecular formula is C11H13ClN2S. The van der Waals surface area contributed by atoms with Crippen LogP contribution < -0.4 is 0 Å². The lowest BCUT2D eigenvalue weighted by Crippen LogP contribution is -2.05. The van der Waals surface area contributed by atoms with Gasteiger partial charge in [0.05, 0.1) is 16.7 Å². The summed E-state index contributed by atoms with van der Waals surface area (Å²) in [6.07, 6.45) is 0. The lowest BCUT2D eigenvalue weighted by molar-refractivity contribution is 0.641. The van der Waals surface area contributed by atoms with Crippen molar-refractivity contribution < 1.29 is 0 Å². The average Bonchev–Trinajstić information content (AvgIpc) is 2.16. The van der Waals surface area contributed by atoms with Crippen LogP contribution in [-0.4, -0.2) is 10.2 Å². The summed E-state index contributed by atoms with van der Waals surface area (Å²) in [6, 6.07) is 5.42. The van der Waals surface area contributed by atoms with Gasteiger partial charge in [0, 0.05) is 5.25 Å². The fourth-order valence-corrected chi connectivity index (χ4v) is 2.18. The molecule has 2 nitrogen and oxygen atoms in total. The molecule has 1 aromatic rings. The predicted octanol–water partition coefficient (Wildman–Crippen LogP) is 3.74. The van der Waals surface area contributed by atoms with Crippen LogP contribution in [0.2, 0.25) is 5.15 Å². The molecule has 0 amide bonds. The third-order valence-electron chi connectivity index (χ3n) is 2.15. The highest BCUT2D eigenvalue weighted by Gasteiger charge is 2.10. The molecule has 1 unspecified atom stereocenters. The lowest BCUT2D eigenvalue weighted by Gasteiger charge is -2.14. The highest BCUT2D eigenvalue weighted by atomic mass is 35.5. The zero-order valence-electron chi connectivity index (χ0n) is 8.99. The fraction of sp³-hybridized carbons (Fsp3) is 0.455. The van der Waals surface area contributed by atoms with Gasteiger partial charge >= 0.3 is 0 Å². The Kier molecular flexibility index (Phi) is 4.44. The zero-order valence-corrected chi connectivity index (χ0v) is 10.6. The van der Waals surface area contributed by atoms with Crippen molar-refractivity contribution in [2.45, 2.75) is 31.0 Å². The summed E-state index contributed by atoms with van der Waals surface area (Å²) in [6.45, 7) is 6.46. The van der Waals surface area contributed by atoms with Gasteiger partial charge in [0.15, 0.2) is 0 Å². The number of halogens is 1. The van der Waals surface area contributed by atoms with Crippen LogP contribution in [0.5, 0.6) is 0 Å². The Morgan fingerprint density at radius 2 is 2.07 bits per heavy atom. The van der Waals surface area contributed by atoms with E-state index in [4.69, 9.17) is 16.9 Å². The van der Waals surface area contributed by atoms with Crippen molar-refractivity contribution in [1.29, 1.82) is 5.26 Å². The quantitative estimate of drug-likeness (QED) is 0.597. The molecule has 15 heavy (non-hydrogen) atoms. The Bertz CT molecular complexity index is 385. The van der Waals surface area contributed by atoms with E-state index in [9.17, 15) is 0 Å². The van der Waals surface area contributed by atoms with Gasteiger partial charge < -0.3 is 0 Å². The van der Waals surface area contributed by atoms with E-state index in [-0.39, 0.29) is 0 Å². The molecule has 4 heteroatoms. The Labute approximate surface area is 99.7 Å². The number of rotatable bonds is 3. The number of thioether (sulfide) groups is 1. The van der Waals surface area contributed by atoms with E-state index in [1.165, 1.54) is 0 Å². The maximum absolute atomic E-state index is 8.78. The second kappa shape index (κ2) is 5.39. The molecular weight excluding hydrogens is 228 g/mol. The van der Waals surface area contributed by atoms with Gasteiger partial charge in [-0.3, -0.25) is 0 Å². The largest absolute Gasteiger partial charge is 0.230 e. The number of hydrogen-bond acceptors (Lipinski definition) is 3. The highest BCUT2D eigenvalue weighted by molar-refractivity contribution is 7.99. The van der Waals surface area contributed by atoms with Crippen LogP contribution in [0, 0.1) is 17.2 Å². The second-order valence-corrected chi connectivity index (χ2v) is 5.48. The maximum atomic E-state index is 8.78. The highest BCUT2D eigenvalue weighted by Crippen LogP contribution is 2.27. The van der Waals surface area contributed by atoms with Crippen molar-refractivity contribution >= 4 is 23.4 Å². The van der Waals surface area contributed by atoms with Gasteiger partial charge in [0.2, 0.25) is 0 Å². The van der Waals surface area contributed by atoms with Crippen LogP contribution in [0.4, 0.5) is 0 Å². The summed E-state index contributed by atoms with van der Waals surface area (Å²) in [4.78, 5) is 4.18. The molecule has 0 saturated heterocycles. The van der Waals surface area contributed by atoms with E-state index < -0.39 is 0 Å². The molecule has 0 aliphatic carbocycles. The average molecular weight is 241 g/mol. The summed E-state index contributed by atoms with van der Waals surface area (Å²) >= 11 is 7.46. The minimum atomic E-state index is 0.382. The van der Waals surface area contributed by atoms with Crippen LogP contribution in [0.3, 0.4) is 0 Å². The Hall–Kier alpha value is -0.720. The molecule has 1 heterocycles. The number of hydrogen-bond donors (Lipinski definition) is 0. The van der Waals surface area contributed by atoms with Gasteiger partial charge in [-0.2, -0.15) is 5.26 Å². The molecule has 0 saturated carbocycles. The van der Waals surface area contributed by atoms with Gasteiger partial charge in [0.1, 0.15) is 5.15 Å². The molecule has 0 bridgehead atoms. The molecule has 0 fully saturated rings. The number of nitrogens with zero attached hydrogens (tertiary/aromatic N) is 2. The van der Waals surface area contributed by atoms with Crippen molar-refractivity contribution in [2.75, 3.05) is 0 Å². The standard InChI is InChI=1S/C11H13ClN2S/c1-7(2)8(3)15-11-5-9(6-13)4-10(12)14-11/h4-5,7-8H,1-3H3. The first-order valence-corrected chi connectivity index (χ1v) is 6.03. The molecule has 1 atom stereocenters. The van der Waals surface area contributed by atoms with Crippen molar-refractivity contribution in [3.05, 3.63) is 22.8 Å². The molecule has 0 spiro atoms. The number of aromatic nitrogens is 1. The van der Waals surface area contributed by atoms with Crippen LogP contribution >= 0.6 is 23.4 Å². The first kappa shape index (κ1) is 12.4. The smallest absolute Gasteiger partial charge is 0.131 e. The normalized spacial score (nSPS) is 12.5. The summed E-state index contributed by atoms with van der Waals surface area (Å²) in [7, 11) is 0. The van der Waals surface area contributed by atoms with Gasteiger partial charge in [-0.25, -0.2) is 4.98 Å². The second-order valence-electron chi connectivity index (χ2n) is 3.70. The molecule has 0 aliphatic rings. The summed E-state index contributed by atoms with van der Waals surface area (Å²) < 4.78 is 0. The van der Waals surface area contributed by atoms with Crippen LogP contribution in [0.15, 0.2) is 17.2 Å². The molecule has 0 aromatic carbocycles. The molecule has 0 radical (unpaired) electrons. The van der Waals surface area contributed by atoms with Crippen molar-refractivity contribution in [3.63, 3.8) is 0 Å². The van der Waals surface area contributed by atoms with Crippen LogP contribution in [0.1, 0.15) is 26.3 Å². The van der Waals surface area contributed by atoms with E-state index >= 15 is 0 Å². The van der Waals surface area contributed by atoms with Gasteiger partial charge in [0.25, 0.3) is 0 Å². The minimum absolute atomic E-state index is 0.382. The summed E-state index contributed by atoms with van der Waals surface area (Å²) in [5, 5.41) is 10.4. The number of nitriles is 1. The van der Waals surface area contributed by atoms with Crippen LogP contribution in [0.25, 0.3) is 0 Å². The summed E-state index contributed by atoms with van der Waals surface area (Å²) in [5.41, 5.74) is 0.563.